The van der Waals surface area contributed by atoms with Gasteiger partial charge in [-0.15, -0.1) is 0 Å². The number of benzene rings is 2. The van der Waals surface area contributed by atoms with Gasteiger partial charge in [0.05, 0.1) is 37.5 Å². The lowest BCUT2D eigenvalue weighted by molar-refractivity contribution is -0.140. The van der Waals surface area contributed by atoms with E-state index in [0.717, 1.165) is 17.6 Å². The Hall–Kier alpha value is -3.01. The standard InChI is InChI=1S/C25H25BrN2O6/c1-33-25(32)18-4-2-16(3-5-18)21-20(22(29)17-6-8-19(26)9-7-17)23(30)24(31)28(21)11-10-27-12-14-34-15-13-27/h2-9,21,29H,10-15H2,1H3/b22-20-. The monoisotopic (exact) mass is 528 g/mol. The summed E-state index contributed by atoms with van der Waals surface area (Å²) in [6.45, 7) is 3.64. The van der Waals surface area contributed by atoms with Gasteiger partial charge >= 0.3 is 5.97 Å². The lowest BCUT2D eigenvalue weighted by Crippen LogP contribution is -2.42. The van der Waals surface area contributed by atoms with E-state index in [0.29, 0.717) is 43.0 Å². The molecule has 2 aliphatic rings. The molecular weight excluding hydrogens is 504 g/mol. The summed E-state index contributed by atoms with van der Waals surface area (Å²) in [6.07, 6.45) is 0. The van der Waals surface area contributed by atoms with Crippen molar-refractivity contribution >= 4 is 39.3 Å². The minimum absolute atomic E-state index is 0.0279. The second-order valence-electron chi connectivity index (χ2n) is 8.07. The first-order chi connectivity index (χ1) is 16.4. The molecule has 0 radical (unpaired) electrons. The van der Waals surface area contributed by atoms with Crippen molar-refractivity contribution in [2.75, 3.05) is 46.5 Å². The largest absolute Gasteiger partial charge is 0.507 e. The molecule has 178 valence electrons. The van der Waals surface area contributed by atoms with Crippen LogP contribution in [-0.2, 0) is 19.1 Å². The Labute approximate surface area is 205 Å². The van der Waals surface area contributed by atoms with E-state index in [1.165, 1.54) is 12.0 Å². The molecule has 2 aromatic carbocycles. The van der Waals surface area contributed by atoms with Crippen LogP contribution in [0.5, 0.6) is 0 Å². The molecule has 34 heavy (non-hydrogen) atoms. The van der Waals surface area contributed by atoms with Crippen LogP contribution in [0.3, 0.4) is 0 Å². The minimum atomic E-state index is -0.781. The van der Waals surface area contributed by atoms with Crippen molar-refractivity contribution in [2.24, 2.45) is 0 Å². The van der Waals surface area contributed by atoms with Gasteiger partial charge in [0.25, 0.3) is 11.7 Å². The summed E-state index contributed by atoms with van der Waals surface area (Å²) in [5.74, 6) is -2.11. The number of amides is 1. The van der Waals surface area contributed by atoms with E-state index in [1.54, 1.807) is 48.5 Å². The van der Waals surface area contributed by atoms with Gasteiger partial charge in [0.2, 0.25) is 0 Å². The molecule has 0 aliphatic carbocycles. The van der Waals surface area contributed by atoms with Gasteiger partial charge in [0, 0.05) is 36.2 Å². The molecular formula is C25H25BrN2O6. The van der Waals surface area contributed by atoms with E-state index in [1.807, 2.05) is 0 Å². The second-order valence-corrected chi connectivity index (χ2v) is 8.98. The number of aliphatic hydroxyl groups excluding tert-OH is 1. The van der Waals surface area contributed by atoms with Crippen molar-refractivity contribution in [2.45, 2.75) is 6.04 Å². The summed E-state index contributed by atoms with van der Waals surface area (Å²) >= 11 is 3.36. The Morgan fingerprint density at radius 1 is 1.03 bits per heavy atom. The van der Waals surface area contributed by atoms with Crippen LogP contribution in [0.15, 0.2) is 58.6 Å². The lowest BCUT2D eigenvalue weighted by Gasteiger charge is -2.31. The number of carbonyl (C=O) groups is 3. The van der Waals surface area contributed by atoms with Gasteiger partial charge < -0.3 is 19.5 Å². The Morgan fingerprint density at radius 3 is 2.26 bits per heavy atom. The van der Waals surface area contributed by atoms with Crippen LogP contribution in [0.4, 0.5) is 0 Å². The van der Waals surface area contributed by atoms with E-state index in [4.69, 9.17) is 9.47 Å². The van der Waals surface area contributed by atoms with Gasteiger partial charge in [-0.1, -0.05) is 40.2 Å². The second kappa shape index (κ2) is 10.5. The van der Waals surface area contributed by atoms with Crippen molar-refractivity contribution in [1.82, 2.24) is 9.80 Å². The van der Waals surface area contributed by atoms with E-state index in [-0.39, 0.29) is 11.3 Å². The third-order valence-corrected chi connectivity index (χ3v) is 6.59. The fourth-order valence-corrected chi connectivity index (χ4v) is 4.48. The number of ether oxygens (including phenoxy) is 2. The molecule has 2 aromatic rings. The van der Waals surface area contributed by atoms with Gasteiger partial charge in [0.1, 0.15) is 5.76 Å². The number of ketones is 1. The molecule has 2 saturated heterocycles. The molecule has 0 bridgehead atoms. The van der Waals surface area contributed by atoms with E-state index < -0.39 is 23.7 Å². The number of esters is 1. The predicted molar refractivity (Wildman–Crippen MR) is 128 cm³/mol. The van der Waals surface area contributed by atoms with Gasteiger partial charge in [-0.3, -0.25) is 14.5 Å². The Kier molecular flexibility index (Phi) is 7.45. The molecule has 9 heteroatoms. The zero-order valence-corrected chi connectivity index (χ0v) is 20.3. The Bertz CT molecular complexity index is 1110. The van der Waals surface area contributed by atoms with Crippen LogP contribution in [0.25, 0.3) is 5.76 Å². The average Bonchev–Trinajstić information content (AvgIpc) is 3.12. The summed E-state index contributed by atoms with van der Waals surface area (Å²) in [6, 6.07) is 12.6. The summed E-state index contributed by atoms with van der Waals surface area (Å²) < 4.78 is 11.0. The van der Waals surface area contributed by atoms with E-state index in [2.05, 4.69) is 20.8 Å². The molecule has 1 atom stereocenters. The summed E-state index contributed by atoms with van der Waals surface area (Å²) in [5, 5.41) is 11.1. The zero-order valence-electron chi connectivity index (χ0n) is 18.7. The molecule has 2 heterocycles. The number of methoxy groups -OCH3 is 1. The number of nitrogens with zero attached hydrogens (tertiary/aromatic N) is 2. The first-order valence-corrected chi connectivity index (χ1v) is 11.7. The van der Waals surface area contributed by atoms with Crippen molar-refractivity contribution in [3.63, 3.8) is 0 Å². The molecule has 2 fully saturated rings. The number of morpholine rings is 1. The highest BCUT2D eigenvalue weighted by atomic mass is 79.9. The molecule has 2 aliphatic heterocycles. The molecule has 0 aromatic heterocycles. The maximum atomic E-state index is 13.1. The van der Waals surface area contributed by atoms with Crippen LogP contribution >= 0.6 is 15.9 Å². The van der Waals surface area contributed by atoms with Crippen LogP contribution in [0.1, 0.15) is 27.5 Å². The lowest BCUT2D eigenvalue weighted by atomic mass is 9.94. The molecule has 1 unspecified atom stereocenters. The number of likely N-dealkylation sites (tertiary alicyclic amines) is 1. The van der Waals surface area contributed by atoms with Crippen molar-refractivity contribution < 1.29 is 29.0 Å². The SMILES string of the molecule is COC(=O)c1ccc(C2/C(=C(/O)c3ccc(Br)cc3)C(=O)C(=O)N2CCN2CCOCC2)cc1. The average molecular weight is 529 g/mol. The Morgan fingerprint density at radius 2 is 1.65 bits per heavy atom. The number of rotatable bonds is 6. The number of halogens is 1. The number of carbonyl (C=O) groups excluding carboxylic acids is 3. The summed E-state index contributed by atoms with van der Waals surface area (Å²) in [4.78, 5) is 41.8. The summed E-state index contributed by atoms with van der Waals surface area (Å²) in [5.41, 5.74) is 1.43. The quantitative estimate of drug-likeness (QED) is 0.266. The highest BCUT2D eigenvalue weighted by molar-refractivity contribution is 9.10. The number of aliphatic hydroxyl groups is 1. The molecule has 1 amide bonds. The first-order valence-electron chi connectivity index (χ1n) is 10.9. The van der Waals surface area contributed by atoms with Gasteiger partial charge in [-0.05, 0) is 29.8 Å². The smallest absolute Gasteiger partial charge is 0.337 e. The first kappa shape index (κ1) is 24.1. The van der Waals surface area contributed by atoms with Crippen LogP contribution in [0, 0.1) is 0 Å². The molecule has 0 spiro atoms. The summed E-state index contributed by atoms with van der Waals surface area (Å²) in [7, 11) is 1.30. The van der Waals surface area contributed by atoms with Crippen molar-refractivity contribution in [1.29, 1.82) is 0 Å². The van der Waals surface area contributed by atoms with Gasteiger partial charge in [0.15, 0.2) is 0 Å². The van der Waals surface area contributed by atoms with Crippen LogP contribution < -0.4 is 0 Å². The Balaban J connectivity index is 1.73. The van der Waals surface area contributed by atoms with Crippen LogP contribution in [-0.4, -0.2) is 79.1 Å². The fourth-order valence-electron chi connectivity index (χ4n) is 4.21. The van der Waals surface area contributed by atoms with E-state index >= 15 is 0 Å². The molecule has 4 rings (SSSR count). The highest BCUT2D eigenvalue weighted by Gasteiger charge is 2.46. The topological polar surface area (TPSA) is 96.4 Å². The molecule has 8 nitrogen and oxygen atoms in total. The molecule has 1 N–H and O–H groups in total. The molecule has 0 saturated carbocycles. The highest BCUT2D eigenvalue weighted by Crippen LogP contribution is 2.39. The van der Waals surface area contributed by atoms with Crippen molar-refractivity contribution in [3.05, 3.63) is 75.3 Å². The third kappa shape index (κ3) is 4.91. The predicted octanol–water partition coefficient (Wildman–Crippen LogP) is 2.99. The number of hydrogen-bond donors (Lipinski definition) is 1. The van der Waals surface area contributed by atoms with Crippen LogP contribution in [0.2, 0.25) is 0 Å². The van der Waals surface area contributed by atoms with Gasteiger partial charge in [-0.2, -0.15) is 0 Å². The third-order valence-electron chi connectivity index (χ3n) is 6.07. The minimum Gasteiger partial charge on any atom is -0.507 e. The number of Topliss-reactive ketones (excluding diaryl/α,β-unsaturated/α-hetero) is 1. The van der Waals surface area contributed by atoms with Crippen molar-refractivity contribution in [3.8, 4) is 0 Å². The van der Waals surface area contributed by atoms with E-state index in [9.17, 15) is 19.5 Å². The van der Waals surface area contributed by atoms with Gasteiger partial charge in [-0.25, -0.2) is 4.79 Å². The fraction of sp³-hybridized carbons (Fsp3) is 0.320. The maximum absolute atomic E-state index is 13.1. The maximum Gasteiger partial charge on any atom is 0.337 e. The zero-order chi connectivity index (χ0) is 24.2. The normalized spacial score (nSPS) is 20.5. The number of hydrogen-bond acceptors (Lipinski definition) is 7.